The zero-order valence-electron chi connectivity index (χ0n) is 27.4. The van der Waals surface area contributed by atoms with Crippen molar-refractivity contribution in [2.75, 3.05) is 0 Å². The molecule has 0 spiro atoms. The summed E-state index contributed by atoms with van der Waals surface area (Å²) in [5.41, 5.74) is 9.55. The first-order valence-corrected chi connectivity index (χ1v) is 17.0. The van der Waals surface area contributed by atoms with Gasteiger partial charge in [-0.3, -0.25) is 0 Å². The summed E-state index contributed by atoms with van der Waals surface area (Å²) in [6.07, 6.45) is 0. The molecule has 0 amide bonds. The van der Waals surface area contributed by atoms with Crippen LogP contribution in [-0.2, 0) is 0 Å². The smallest absolute Gasteiger partial charge is 0.164 e. The summed E-state index contributed by atoms with van der Waals surface area (Å²) in [4.78, 5) is 20.4. The largest absolute Gasteiger partial charge is 0.456 e. The molecule has 0 aliphatic carbocycles. The average molecular weight is 653 g/mol. The summed E-state index contributed by atoms with van der Waals surface area (Å²) in [5, 5.41) is 5.41. The molecular formula is C46H28N4O. The average Bonchev–Trinajstić information content (AvgIpc) is 3.60. The highest BCUT2D eigenvalue weighted by Crippen LogP contribution is 2.42. The number of rotatable bonds is 5. The lowest BCUT2D eigenvalue weighted by atomic mass is 9.95. The molecule has 0 aliphatic heterocycles. The maximum atomic E-state index is 6.34. The van der Waals surface area contributed by atoms with Crippen molar-refractivity contribution in [2.45, 2.75) is 0 Å². The number of hydrogen-bond donors (Lipinski definition) is 0. The summed E-state index contributed by atoms with van der Waals surface area (Å²) in [6, 6.07) is 58.0. The van der Waals surface area contributed by atoms with Gasteiger partial charge < -0.3 is 4.42 Å². The summed E-state index contributed by atoms with van der Waals surface area (Å²) in [6.45, 7) is 0. The van der Waals surface area contributed by atoms with E-state index in [0.29, 0.717) is 17.5 Å². The van der Waals surface area contributed by atoms with Crippen LogP contribution in [0.15, 0.2) is 174 Å². The Morgan fingerprint density at radius 1 is 0.314 bits per heavy atom. The van der Waals surface area contributed by atoms with Crippen LogP contribution in [0, 0.1) is 0 Å². The van der Waals surface area contributed by atoms with Crippen LogP contribution >= 0.6 is 0 Å². The summed E-state index contributed by atoms with van der Waals surface area (Å²) < 4.78 is 6.34. The van der Waals surface area contributed by atoms with Gasteiger partial charge in [-0.2, -0.15) is 0 Å². The molecule has 0 saturated carbocycles. The third-order valence-corrected chi connectivity index (χ3v) is 9.52. The van der Waals surface area contributed by atoms with Crippen LogP contribution in [0.4, 0.5) is 0 Å². The lowest BCUT2D eigenvalue weighted by Crippen LogP contribution is -2.00. The van der Waals surface area contributed by atoms with E-state index < -0.39 is 0 Å². The number of benzene rings is 7. The Balaban J connectivity index is 1.20. The fourth-order valence-corrected chi connectivity index (χ4v) is 7.06. The topological polar surface area (TPSA) is 64.7 Å². The fourth-order valence-electron chi connectivity index (χ4n) is 7.06. The van der Waals surface area contributed by atoms with E-state index in [-0.39, 0.29) is 0 Å². The molecule has 10 rings (SSSR count). The zero-order valence-corrected chi connectivity index (χ0v) is 27.4. The Labute approximate surface area is 293 Å². The van der Waals surface area contributed by atoms with E-state index in [1.807, 2.05) is 54.6 Å². The van der Waals surface area contributed by atoms with Gasteiger partial charge >= 0.3 is 0 Å². The molecule has 0 unspecified atom stereocenters. The Hall–Kier alpha value is -6.98. The van der Waals surface area contributed by atoms with E-state index >= 15 is 0 Å². The molecule has 0 N–H and O–H groups in total. The molecule has 0 aliphatic rings. The molecule has 0 fully saturated rings. The van der Waals surface area contributed by atoms with Crippen molar-refractivity contribution in [3.63, 3.8) is 0 Å². The highest BCUT2D eigenvalue weighted by molar-refractivity contribution is 6.28. The second kappa shape index (κ2) is 11.9. The number of nitrogens with zero attached hydrogens (tertiary/aromatic N) is 4. The molecule has 0 saturated heterocycles. The van der Waals surface area contributed by atoms with Crippen molar-refractivity contribution >= 4 is 43.6 Å². The lowest BCUT2D eigenvalue weighted by molar-refractivity contribution is 0.669. The van der Waals surface area contributed by atoms with Crippen LogP contribution in [0.5, 0.6) is 0 Å². The van der Waals surface area contributed by atoms with Crippen molar-refractivity contribution < 1.29 is 4.42 Å². The minimum Gasteiger partial charge on any atom is -0.456 e. The van der Waals surface area contributed by atoms with E-state index in [9.17, 15) is 0 Å². The number of aromatic nitrogens is 4. The van der Waals surface area contributed by atoms with Crippen LogP contribution in [-0.4, -0.2) is 19.9 Å². The maximum Gasteiger partial charge on any atom is 0.164 e. The van der Waals surface area contributed by atoms with Crippen LogP contribution in [0.25, 0.3) is 100 Å². The molecule has 10 aromatic rings. The quantitative estimate of drug-likeness (QED) is 0.173. The lowest BCUT2D eigenvalue weighted by Gasteiger charge is -2.13. The van der Waals surface area contributed by atoms with Crippen LogP contribution < -0.4 is 0 Å². The minimum absolute atomic E-state index is 0.586. The minimum atomic E-state index is 0.586. The third-order valence-electron chi connectivity index (χ3n) is 9.52. The van der Waals surface area contributed by atoms with Crippen molar-refractivity contribution in [1.82, 2.24) is 19.9 Å². The van der Waals surface area contributed by atoms with E-state index in [1.165, 1.54) is 0 Å². The normalized spacial score (nSPS) is 11.5. The zero-order chi connectivity index (χ0) is 33.7. The third kappa shape index (κ3) is 5.03. The number of hydrogen-bond acceptors (Lipinski definition) is 5. The van der Waals surface area contributed by atoms with E-state index in [4.69, 9.17) is 24.4 Å². The molecule has 7 aromatic carbocycles. The predicted octanol–water partition coefficient (Wildman–Crippen LogP) is 11.8. The van der Waals surface area contributed by atoms with Crippen LogP contribution in [0.2, 0.25) is 0 Å². The van der Waals surface area contributed by atoms with Crippen molar-refractivity contribution in [1.29, 1.82) is 0 Å². The van der Waals surface area contributed by atoms with Gasteiger partial charge in [0.2, 0.25) is 0 Å². The molecule has 51 heavy (non-hydrogen) atoms. The first-order valence-electron chi connectivity index (χ1n) is 17.0. The second-order valence-electron chi connectivity index (χ2n) is 12.6. The maximum absolute atomic E-state index is 6.34. The summed E-state index contributed by atoms with van der Waals surface area (Å²) in [7, 11) is 0. The van der Waals surface area contributed by atoms with Gasteiger partial charge in [0.25, 0.3) is 0 Å². The Bertz CT molecular complexity index is 2890. The van der Waals surface area contributed by atoms with E-state index in [0.717, 1.165) is 82.7 Å². The van der Waals surface area contributed by atoms with Gasteiger partial charge in [0.05, 0.1) is 11.2 Å². The van der Waals surface area contributed by atoms with Crippen molar-refractivity contribution in [2.24, 2.45) is 0 Å². The van der Waals surface area contributed by atoms with Crippen LogP contribution in [0.1, 0.15) is 0 Å². The number of para-hydroxylation sites is 1. The molecule has 0 radical (unpaired) electrons. The van der Waals surface area contributed by atoms with Gasteiger partial charge in [-0.1, -0.05) is 146 Å². The number of pyridine rings is 1. The molecule has 3 aromatic heterocycles. The molecule has 5 heteroatoms. The highest BCUT2D eigenvalue weighted by atomic mass is 16.3. The highest BCUT2D eigenvalue weighted by Gasteiger charge is 2.19. The van der Waals surface area contributed by atoms with Crippen molar-refractivity contribution in [3.05, 3.63) is 170 Å². The number of furan rings is 1. The van der Waals surface area contributed by atoms with E-state index in [2.05, 4.69) is 115 Å². The number of fused-ring (bicyclic) bond motifs is 7. The Kier molecular flexibility index (Phi) is 6.74. The van der Waals surface area contributed by atoms with Gasteiger partial charge in [0.1, 0.15) is 11.2 Å². The van der Waals surface area contributed by atoms with Gasteiger partial charge in [-0.25, -0.2) is 19.9 Å². The van der Waals surface area contributed by atoms with Gasteiger partial charge in [0.15, 0.2) is 17.5 Å². The molecule has 0 atom stereocenters. The Morgan fingerprint density at radius 3 is 1.53 bits per heavy atom. The van der Waals surface area contributed by atoms with E-state index in [1.54, 1.807) is 0 Å². The molecule has 238 valence electrons. The SMILES string of the molecule is c1ccc(-c2ccc(-c3nc(-c4ccccc4)nc(-c4ccc5c(c4)nc(-c4ccccc4)c4ccc6oc7ccccc7c6c45)n3)cc2)cc1. The molecule has 0 bridgehead atoms. The first kappa shape index (κ1) is 29.0. The summed E-state index contributed by atoms with van der Waals surface area (Å²) in [5.74, 6) is 1.82. The van der Waals surface area contributed by atoms with Gasteiger partial charge in [-0.15, -0.1) is 0 Å². The molecule has 3 heterocycles. The molecule has 5 nitrogen and oxygen atoms in total. The Morgan fingerprint density at radius 2 is 0.824 bits per heavy atom. The molecular weight excluding hydrogens is 625 g/mol. The van der Waals surface area contributed by atoms with Gasteiger partial charge in [0, 0.05) is 49.2 Å². The van der Waals surface area contributed by atoms with Crippen LogP contribution in [0.3, 0.4) is 0 Å². The second-order valence-corrected chi connectivity index (χ2v) is 12.6. The van der Waals surface area contributed by atoms with Crippen molar-refractivity contribution in [3.8, 4) is 56.5 Å². The standard InChI is InChI=1S/C46H28N4O/c1-4-12-29(13-5-1)30-20-22-33(23-21-30)45-48-44(32-16-8-3-9-17-32)49-46(50-45)34-24-25-35-38(28-34)47-43(31-14-6-2-7-15-31)37-26-27-40-42(41(35)37)36-18-10-11-19-39(36)51-40/h1-28H. The monoisotopic (exact) mass is 652 g/mol. The summed E-state index contributed by atoms with van der Waals surface area (Å²) >= 11 is 0. The fraction of sp³-hybridized carbons (Fsp3) is 0. The first-order chi connectivity index (χ1) is 25.3. The van der Waals surface area contributed by atoms with Gasteiger partial charge in [-0.05, 0) is 35.4 Å². The predicted molar refractivity (Wildman–Crippen MR) is 207 cm³/mol.